The van der Waals surface area contributed by atoms with Crippen LogP contribution in [0.5, 0.6) is 0 Å². The second-order valence-electron chi connectivity index (χ2n) is 6.84. The average Bonchev–Trinajstić information content (AvgIpc) is 2.61. The summed E-state index contributed by atoms with van der Waals surface area (Å²) in [6.07, 6.45) is 1.01. The van der Waals surface area contributed by atoms with Gasteiger partial charge < -0.3 is 10.1 Å². The Morgan fingerprint density at radius 1 is 1.23 bits per heavy atom. The Bertz CT molecular complexity index is 987. The lowest BCUT2D eigenvalue weighted by atomic mass is 9.89. The quantitative estimate of drug-likeness (QED) is 0.845. The lowest BCUT2D eigenvalue weighted by Crippen LogP contribution is -2.38. The molecule has 2 aromatic rings. The zero-order valence-corrected chi connectivity index (χ0v) is 15.5. The molecule has 0 radical (unpaired) electrons. The minimum Gasteiger partial charge on any atom is -0.456 e. The Labute approximate surface area is 151 Å². The van der Waals surface area contributed by atoms with E-state index in [0.29, 0.717) is 17.2 Å². The highest BCUT2D eigenvalue weighted by molar-refractivity contribution is 5.97. The topological polar surface area (TPSA) is 82.3 Å². The third-order valence-electron chi connectivity index (χ3n) is 4.92. The molecule has 1 N–H and O–H groups in total. The average molecular weight is 357 g/mol. The van der Waals surface area contributed by atoms with Gasteiger partial charge in [-0.1, -0.05) is 13.0 Å². The number of nitrogens with one attached hydrogen (secondary N) is 1. The Morgan fingerprint density at radius 2 is 1.96 bits per heavy atom. The number of fused-ring (bicyclic) bond motifs is 1. The predicted octanol–water partition coefficient (Wildman–Crippen LogP) is 1.67. The summed E-state index contributed by atoms with van der Waals surface area (Å²) in [5.41, 5.74) is 2.89. The summed E-state index contributed by atoms with van der Waals surface area (Å²) in [4.78, 5) is 36.4. The largest absolute Gasteiger partial charge is 0.456 e. The second-order valence-corrected chi connectivity index (χ2v) is 6.84. The van der Waals surface area contributed by atoms with E-state index in [1.165, 1.54) is 17.7 Å². The molecule has 0 fully saturated rings. The number of hydrogen-bond donors (Lipinski definition) is 1. The van der Waals surface area contributed by atoms with E-state index in [1.807, 2.05) is 6.92 Å². The van der Waals surface area contributed by atoms with Crippen LogP contribution in [-0.2, 0) is 25.4 Å². The molecule has 0 spiro atoms. The van der Waals surface area contributed by atoms with E-state index >= 15 is 0 Å². The van der Waals surface area contributed by atoms with Crippen molar-refractivity contribution < 1.29 is 9.53 Å². The zero-order chi connectivity index (χ0) is 19.0. The molecule has 1 aromatic carbocycles. The third-order valence-corrected chi connectivity index (χ3v) is 4.92. The molecule has 0 amide bonds. The third kappa shape index (κ3) is 3.16. The van der Waals surface area contributed by atoms with Crippen molar-refractivity contribution >= 4 is 11.7 Å². The van der Waals surface area contributed by atoms with E-state index in [-0.39, 0.29) is 6.61 Å². The molecular formula is C19H23N3O4. The first-order valence-corrected chi connectivity index (χ1v) is 8.61. The summed E-state index contributed by atoms with van der Waals surface area (Å²) in [7, 11) is 2.95. The number of rotatable bonds is 3. The Balaban J connectivity index is 1.89. The van der Waals surface area contributed by atoms with Crippen LogP contribution in [0.1, 0.15) is 46.4 Å². The number of aromatic nitrogens is 2. The maximum absolute atomic E-state index is 12.7. The first-order valence-electron chi connectivity index (χ1n) is 8.61. The van der Waals surface area contributed by atoms with E-state index < -0.39 is 17.2 Å². The molecule has 1 aromatic heterocycles. The van der Waals surface area contributed by atoms with Crippen molar-refractivity contribution in [3.8, 4) is 0 Å². The van der Waals surface area contributed by atoms with Gasteiger partial charge in [0.2, 0.25) is 0 Å². The van der Waals surface area contributed by atoms with E-state index in [2.05, 4.69) is 18.3 Å². The van der Waals surface area contributed by atoms with E-state index in [9.17, 15) is 14.4 Å². The molecule has 0 aliphatic carbocycles. The van der Waals surface area contributed by atoms with Crippen molar-refractivity contribution in [3.05, 3.63) is 61.4 Å². The van der Waals surface area contributed by atoms with Crippen LogP contribution in [0.2, 0.25) is 0 Å². The molecule has 7 heteroatoms. The fourth-order valence-corrected chi connectivity index (χ4v) is 3.26. The molecule has 0 saturated heterocycles. The number of anilines is 1. The molecule has 3 rings (SSSR count). The number of hydrogen-bond acceptors (Lipinski definition) is 5. The molecule has 0 bridgehead atoms. The number of esters is 1. The highest BCUT2D eigenvalue weighted by Crippen LogP contribution is 2.35. The molecule has 0 saturated carbocycles. The number of carbonyl (C=O) groups is 1. The maximum atomic E-state index is 12.7. The Hall–Kier alpha value is -2.83. The first-order chi connectivity index (χ1) is 12.3. The number of aryl methyl sites for hydroxylation is 1. The van der Waals surface area contributed by atoms with Crippen LogP contribution in [0.25, 0.3) is 0 Å². The molecule has 26 heavy (non-hydrogen) atoms. The van der Waals surface area contributed by atoms with Gasteiger partial charge in [-0.25, -0.2) is 9.59 Å². The van der Waals surface area contributed by atoms with Crippen LogP contribution in [-0.4, -0.2) is 21.6 Å². The maximum Gasteiger partial charge on any atom is 0.340 e. The summed E-state index contributed by atoms with van der Waals surface area (Å²) in [5, 5.41) is 3.30. The van der Waals surface area contributed by atoms with Crippen LogP contribution in [0, 0.1) is 6.92 Å². The minimum absolute atomic E-state index is 0.140. The van der Waals surface area contributed by atoms with Crippen molar-refractivity contribution in [1.82, 2.24) is 9.13 Å². The normalized spacial score (nSPS) is 15.9. The fraction of sp³-hybridized carbons (Fsp3) is 0.421. The lowest BCUT2D eigenvalue weighted by molar-refractivity contribution is 0.0463. The summed E-state index contributed by atoms with van der Waals surface area (Å²) < 4.78 is 7.73. The molecule has 2 heterocycles. The van der Waals surface area contributed by atoms with Gasteiger partial charge in [0.25, 0.3) is 5.56 Å². The smallest absolute Gasteiger partial charge is 0.340 e. The van der Waals surface area contributed by atoms with Gasteiger partial charge in [0.05, 0.1) is 16.9 Å². The van der Waals surface area contributed by atoms with Crippen LogP contribution < -0.4 is 16.6 Å². The molecule has 0 unspecified atom stereocenters. The van der Waals surface area contributed by atoms with Crippen molar-refractivity contribution in [3.63, 3.8) is 0 Å². The number of carbonyl (C=O) groups excluding carboxylic acids is 1. The van der Waals surface area contributed by atoms with E-state index in [1.54, 1.807) is 13.1 Å². The standard InChI is InChI=1S/C19H23N3O4/c1-11-7-14-12(2)5-6-20-17(14)15(8-11)18(24)26-10-13-9-16(23)22(4)19(25)21(13)3/h7-9,12,20H,5-6,10H2,1-4H3/t12-/m1/s1. The molecule has 138 valence electrons. The van der Waals surface area contributed by atoms with Crippen molar-refractivity contribution in [2.75, 3.05) is 11.9 Å². The van der Waals surface area contributed by atoms with Crippen LogP contribution in [0.3, 0.4) is 0 Å². The number of ether oxygens (including phenoxy) is 1. The van der Waals surface area contributed by atoms with Gasteiger partial charge in [-0.2, -0.15) is 0 Å². The number of benzene rings is 1. The van der Waals surface area contributed by atoms with Gasteiger partial charge in [-0.3, -0.25) is 13.9 Å². The van der Waals surface area contributed by atoms with E-state index in [4.69, 9.17) is 4.74 Å². The molecule has 1 atom stereocenters. The van der Waals surface area contributed by atoms with Crippen LogP contribution >= 0.6 is 0 Å². The summed E-state index contributed by atoms with van der Waals surface area (Å²) >= 11 is 0. The number of nitrogens with zero attached hydrogens (tertiary/aromatic N) is 2. The van der Waals surface area contributed by atoms with E-state index in [0.717, 1.165) is 34.3 Å². The summed E-state index contributed by atoms with van der Waals surface area (Å²) in [6.45, 7) is 4.76. The predicted molar refractivity (Wildman–Crippen MR) is 98.7 cm³/mol. The molecular weight excluding hydrogens is 334 g/mol. The van der Waals surface area contributed by atoms with Crippen LogP contribution in [0.4, 0.5) is 5.69 Å². The highest BCUT2D eigenvalue weighted by atomic mass is 16.5. The van der Waals surface area contributed by atoms with Crippen molar-refractivity contribution in [1.29, 1.82) is 0 Å². The van der Waals surface area contributed by atoms with Crippen molar-refractivity contribution in [2.45, 2.75) is 32.8 Å². The lowest BCUT2D eigenvalue weighted by Gasteiger charge is -2.26. The second kappa shape index (κ2) is 6.82. The SMILES string of the molecule is Cc1cc(C(=O)OCc2cc(=O)n(C)c(=O)n2C)c2c(c1)[C@H](C)CCN2. The van der Waals surface area contributed by atoms with Gasteiger partial charge in [-0.15, -0.1) is 0 Å². The van der Waals surface area contributed by atoms with Crippen LogP contribution in [0.15, 0.2) is 27.8 Å². The Kier molecular flexibility index (Phi) is 4.71. The van der Waals surface area contributed by atoms with Gasteiger partial charge in [0.1, 0.15) is 6.61 Å². The highest BCUT2D eigenvalue weighted by Gasteiger charge is 2.23. The molecule has 1 aliphatic heterocycles. The van der Waals surface area contributed by atoms with Crippen molar-refractivity contribution in [2.24, 2.45) is 14.1 Å². The van der Waals surface area contributed by atoms with Gasteiger partial charge in [0.15, 0.2) is 0 Å². The minimum atomic E-state index is -0.473. The Morgan fingerprint density at radius 3 is 2.69 bits per heavy atom. The first kappa shape index (κ1) is 18.0. The molecule has 7 nitrogen and oxygen atoms in total. The summed E-state index contributed by atoms with van der Waals surface area (Å²) in [6, 6.07) is 5.20. The summed E-state index contributed by atoms with van der Waals surface area (Å²) in [5.74, 6) is -0.102. The fourth-order valence-electron chi connectivity index (χ4n) is 3.26. The van der Waals surface area contributed by atoms with Gasteiger partial charge in [0, 0.05) is 26.7 Å². The van der Waals surface area contributed by atoms with Gasteiger partial charge in [-0.05, 0) is 36.5 Å². The van der Waals surface area contributed by atoms with Gasteiger partial charge >= 0.3 is 11.7 Å². The monoisotopic (exact) mass is 357 g/mol. The molecule has 1 aliphatic rings. The zero-order valence-electron chi connectivity index (χ0n) is 15.5.